The molecule has 0 atom stereocenters. The minimum atomic E-state index is -0.570. The van der Waals surface area contributed by atoms with Crippen molar-refractivity contribution in [2.24, 2.45) is 0 Å². The van der Waals surface area contributed by atoms with Crippen LogP contribution in [0.2, 0.25) is 5.02 Å². The molecule has 0 saturated heterocycles. The zero-order valence-electron chi connectivity index (χ0n) is 11.7. The Labute approximate surface area is 136 Å². The number of ether oxygens (including phenoxy) is 2. The Morgan fingerprint density at radius 1 is 1.17 bits per heavy atom. The summed E-state index contributed by atoms with van der Waals surface area (Å²) in [6.45, 7) is 0.136. The van der Waals surface area contributed by atoms with Crippen molar-refractivity contribution in [1.29, 1.82) is 0 Å². The highest BCUT2D eigenvalue weighted by molar-refractivity contribution is 6.32. The standard InChI is InChI=1S/C16H10ClNO5/c17-12-4-1-10(7-13(12)18(20)21)2-5-14(19)11-3-6-15-16(8-11)23-9-22-15/h1-8H,9H2. The van der Waals surface area contributed by atoms with Crippen LogP contribution in [0.15, 0.2) is 42.5 Å². The van der Waals surface area contributed by atoms with Crippen LogP contribution in [0, 0.1) is 10.1 Å². The number of fused-ring (bicyclic) bond motifs is 1. The zero-order chi connectivity index (χ0) is 16.4. The molecule has 7 heteroatoms. The molecule has 0 aromatic heterocycles. The van der Waals surface area contributed by atoms with Crippen LogP contribution in [0.5, 0.6) is 11.5 Å². The van der Waals surface area contributed by atoms with Crippen LogP contribution in [0.25, 0.3) is 6.08 Å². The van der Waals surface area contributed by atoms with Crippen molar-refractivity contribution in [2.75, 3.05) is 6.79 Å². The number of nitrogens with zero attached hydrogens (tertiary/aromatic N) is 1. The molecule has 0 N–H and O–H groups in total. The number of ketones is 1. The smallest absolute Gasteiger partial charge is 0.288 e. The van der Waals surface area contributed by atoms with Crippen LogP contribution < -0.4 is 9.47 Å². The van der Waals surface area contributed by atoms with Gasteiger partial charge in [0.2, 0.25) is 6.79 Å². The van der Waals surface area contributed by atoms with E-state index in [1.165, 1.54) is 24.3 Å². The SMILES string of the molecule is O=C(C=Cc1ccc(Cl)c([N+](=O)[O-])c1)c1ccc2c(c1)OCO2. The maximum atomic E-state index is 12.2. The summed E-state index contributed by atoms with van der Waals surface area (Å²) in [6.07, 6.45) is 2.83. The molecule has 3 rings (SSSR count). The van der Waals surface area contributed by atoms with E-state index in [4.69, 9.17) is 21.1 Å². The molecule has 23 heavy (non-hydrogen) atoms. The van der Waals surface area contributed by atoms with Crippen LogP contribution in [0.1, 0.15) is 15.9 Å². The van der Waals surface area contributed by atoms with E-state index >= 15 is 0 Å². The van der Waals surface area contributed by atoms with Gasteiger partial charge >= 0.3 is 0 Å². The lowest BCUT2D eigenvalue weighted by molar-refractivity contribution is -0.384. The number of nitro groups is 1. The Morgan fingerprint density at radius 3 is 2.74 bits per heavy atom. The summed E-state index contributed by atoms with van der Waals surface area (Å²) in [5.41, 5.74) is 0.744. The van der Waals surface area contributed by atoms with Crippen LogP contribution >= 0.6 is 11.6 Å². The minimum absolute atomic E-state index is 0.0502. The quantitative estimate of drug-likeness (QED) is 0.368. The average molecular weight is 332 g/mol. The number of allylic oxidation sites excluding steroid dienone is 1. The van der Waals surface area contributed by atoms with E-state index in [0.29, 0.717) is 22.6 Å². The van der Waals surface area contributed by atoms with Gasteiger partial charge in [0.05, 0.1) is 4.92 Å². The van der Waals surface area contributed by atoms with Gasteiger partial charge in [0, 0.05) is 11.6 Å². The molecule has 0 spiro atoms. The molecule has 2 aromatic rings. The Kier molecular flexibility index (Phi) is 3.99. The fourth-order valence-corrected chi connectivity index (χ4v) is 2.28. The van der Waals surface area contributed by atoms with Crippen LogP contribution in [-0.2, 0) is 0 Å². The van der Waals surface area contributed by atoms with Crippen molar-refractivity contribution in [2.45, 2.75) is 0 Å². The molecule has 1 heterocycles. The van der Waals surface area contributed by atoms with Gasteiger partial charge in [0.1, 0.15) is 5.02 Å². The Balaban J connectivity index is 1.81. The molecule has 0 radical (unpaired) electrons. The monoisotopic (exact) mass is 331 g/mol. The van der Waals surface area contributed by atoms with E-state index in [9.17, 15) is 14.9 Å². The lowest BCUT2D eigenvalue weighted by atomic mass is 10.1. The fourth-order valence-electron chi connectivity index (χ4n) is 2.09. The fraction of sp³-hybridized carbons (Fsp3) is 0.0625. The number of carbonyl (C=O) groups excluding carboxylic acids is 1. The third-order valence-corrected chi connectivity index (χ3v) is 3.57. The minimum Gasteiger partial charge on any atom is -0.454 e. The van der Waals surface area contributed by atoms with Gasteiger partial charge in [-0.05, 0) is 35.9 Å². The Bertz CT molecular complexity index is 831. The molecule has 116 valence electrons. The first-order valence-electron chi connectivity index (χ1n) is 6.60. The van der Waals surface area contributed by atoms with Gasteiger partial charge in [-0.15, -0.1) is 0 Å². The highest BCUT2D eigenvalue weighted by Gasteiger charge is 2.15. The molecule has 0 unspecified atom stereocenters. The largest absolute Gasteiger partial charge is 0.454 e. The van der Waals surface area contributed by atoms with E-state index in [1.54, 1.807) is 24.3 Å². The summed E-state index contributed by atoms with van der Waals surface area (Å²) < 4.78 is 10.4. The summed E-state index contributed by atoms with van der Waals surface area (Å²) in [5, 5.41) is 10.9. The summed E-state index contributed by atoms with van der Waals surface area (Å²) in [4.78, 5) is 22.4. The van der Waals surface area contributed by atoms with Gasteiger partial charge < -0.3 is 9.47 Å². The molecule has 0 saturated carbocycles. The third-order valence-electron chi connectivity index (χ3n) is 3.25. The van der Waals surface area contributed by atoms with Crippen LogP contribution in [0.4, 0.5) is 5.69 Å². The normalized spacial score (nSPS) is 12.6. The number of nitro benzene ring substituents is 1. The molecule has 1 aliphatic heterocycles. The first-order chi connectivity index (χ1) is 11.0. The van der Waals surface area contributed by atoms with E-state index in [1.807, 2.05) is 0 Å². The van der Waals surface area contributed by atoms with E-state index in [2.05, 4.69) is 0 Å². The van der Waals surface area contributed by atoms with Crippen molar-refractivity contribution < 1.29 is 19.2 Å². The maximum Gasteiger partial charge on any atom is 0.288 e. The van der Waals surface area contributed by atoms with Crippen molar-refractivity contribution >= 4 is 29.1 Å². The van der Waals surface area contributed by atoms with Gasteiger partial charge in [0.15, 0.2) is 17.3 Å². The lowest BCUT2D eigenvalue weighted by Crippen LogP contribution is -1.94. The zero-order valence-corrected chi connectivity index (χ0v) is 12.4. The second-order valence-electron chi connectivity index (χ2n) is 4.73. The molecule has 0 aliphatic carbocycles. The molecule has 0 bridgehead atoms. The highest BCUT2D eigenvalue weighted by atomic mass is 35.5. The van der Waals surface area contributed by atoms with E-state index in [0.717, 1.165) is 0 Å². The summed E-state index contributed by atoms with van der Waals surface area (Å²) in [7, 11) is 0. The Hall–Kier alpha value is -2.86. The first-order valence-corrected chi connectivity index (χ1v) is 6.98. The van der Waals surface area contributed by atoms with Gasteiger partial charge in [-0.1, -0.05) is 23.7 Å². The number of hydrogen-bond acceptors (Lipinski definition) is 5. The van der Waals surface area contributed by atoms with Crippen molar-refractivity contribution in [3.63, 3.8) is 0 Å². The van der Waals surface area contributed by atoms with E-state index < -0.39 is 4.92 Å². The van der Waals surface area contributed by atoms with Crippen LogP contribution in [-0.4, -0.2) is 17.5 Å². The topological polar surface area (TPSA) is 78.7 Å². The maximum absolute atomic E-state index is 12.2. The number of rotatable bonds is 4. The van der Waals surface area contributed by atoms with E-state index in [-0.39, 0.29) is 23.3 Å². The third kappa shape index (κ3) is 3.17. The number of benzene rings is 2. The summed E-state index contributed by atoms with van der Waals surface area (Å²) in [5.74, 6) is 0.867. The highest BCUT2D eigenvalue weighted by Crippen LogP contribution is 2.32. The first kappa shape index (κ1) is 15.1. The van der Waals surface area contributed by atoms with Gasteiger partial charge in [-0.25, -0.2) is 0 Å². The number of halogens is 1. The van der Waals surface area contributed by atoms with Gasteiger partial charge in [0.25, 0.3) is 5.69 Å². The molecule has 2 aromatic carbocycles. The Morgan fingerprint density at radius 2 is 1.96 bits per heavy atom. The predicted octanol–water partition coefficient (Wildman–Crippen LogP) is 3.87. The van der Waals surface area contributed by atoms with Crippen molar-refractivity contribution in [3.8, 4) is 11.5 Å². The molecular weight excluding hydrogens is 322 g/mol. The summed E-state index contributed by atoms with van der Waals surface area (Å²) in [6, 6.07) is 9.22. The second kappa shape index (κ2) is 6.10. The number of hydrogen-bond donors (Lipinski definition) is 0. The number of carbonyl (C=O) groups is 1. The van der Waals surface area contributed by atoms with Crippen LogP contribution in [0.3, 0.4) is 0 Å². The predicted molar refractivity (Wildman–Crippen MR) is 84.0 cm³/mol. The van der Waals surface area contributed by atoms with Crippen molar-refractivity contribution in [1.82, 2.24) is 0 Å². The lowest BCUT2D eigenvalue weighted by Gasteiger charge is -2.00. The second-order valence-corrected chi connectivity index (χ2v) is 5.14. The van der Waals surface area contributed by atoms with Crippen molar-refractivity contribution in [3.05, 3.63) is 68.7 Å². The molecule has 0 amide bonds. The van der Waals surface area contributed by atoms with Gasteiger partial charge in [-0.3, -0.25) is 14.9 Å². The molecular formula is C16H10ClNO5. The molecule has 6 nitrogen and oxygen atoms in total. The summed E-state index contributed by atoms with van der Waals surface area (Å²) >= 11 is 5.75. The average Bonchev–Trinajstić information content (AvgIpc) is 3.01. The molecule has 0 fully saturated rings. The molecule has 1 aliphatic rings. The van der Waals surface area contributed by atoms with Gasteiger partial charge in [-0.2, -0.15) is 0 Å².